The van der Waals surface area contributed by atoms with Crippen LogP contribution in [0.1, 0.15) is 10.4 Å². The van der Waals surface area contributed by atoms with Gasteiger partial charge in [-0.15, -0.1) is 0 Å². The number of carbonyl (C=O) groups is 1. The third-order valence-electron chi connectivity index (χ3n) is 3.06. The van der Waals surface area contributed by atoms with Gasteiger partial charge in [0.2, 0.25) is 0 Å². The van der Waals surface area contributed by atoms with Crippen LogP contribution in [0.2, 0.25) is 0 Å². The van der Waals surface area contributed by atoms with Crippen LogP contribution in [-0.2, 0) is 0 Å². The predicted octanol–water partition coefficient (Wildman–Crippen LogP) is 3.56. The number of carbonyl (C=O) groups excluding carboxylic acids is 1. The zero-order valence-electron chi connectivity index (χ0n) is 11.5. The molecule has 0 unspecified atom stereocenters. The number of aromatic nitrogens is 3. The fourth-order valence-electron chi connectivity index (χ4n) is 1.95. The predicted molar refractivity (Wildman–Crippen MR) is 83.4 cm³/mol. The van der Waals surface area contributed by atoms with Crippen molar-refractivity contribution < 1.29 is 13.6 Å². The summed E-state index contributed by atoms with van der Waals surface area (Å²) in [6, 6.07) is 8.28. The molecule has 0 spiro atoms. The fraction of sp³-hybridized carbons (Fsp3) is 0. The van der Waals surface area contributed by atoms with Gasteiger partial charge in [-0.3, -0.25) is 4.79 Å². The maximum absolute atomic E-state index is 13.7. The normalized spacial score (nSPS) is 10.6. The van der Waals surface area contributed by atoms with E-state index >= 15 is 0 Å². The van der Waals surface area contributed by atoms with Crippen molar-refractivity contribution in [2.24, 2.45) is 0 Å². The molecule has 1 amide bonds. The first-order valence-electron chi connectivity index (χ1n) is 6.45. The molecule has 0 bridgehead atoms. The van der Waals surface area contributed by atoms with Crippen LogP contribution in [0.25, 0.3) is 5.69 Å². The summed E-state index contributed by atoms with van der Waals surface area (Å²) in [5.41, 5.74) is 0.939. The van der Waals surface area contributed by atoms with Crippen molar-refractivity contribution in [2.45, 2.75) is 0 Å². The van der Waals surface area contributed by atoms with E-state index in [1.807, 2.05) is 0 Å². The topological polar surface area (TPSA) is 59.8 Å². The molecule has 5 nitrogen and oxygen atoms in total. The minimum Gasteiger partial charge on any atom is -0.319 e. The van der Waals surface area contributed by atoms with Gasteiger partial charge in [-0.2, -0.15) is 5.10 Å². The molecular formula is C15H9BrF2N4O. The van der Waals surface area contributed by atoms with Crippen LogP contribution >= 0.6 is 15.9 Å². The molecule has 1 aromatic heterocycles. The molecule has 0 saturated carbocycles. The van der Waals surface area contributed by atoms with Gasteiger partial charge >= 0.3 is 0 Å². The molecule has 0 fully saturated rings. The van der Waals surface area contributed by atoms with E-state index in [9.17, 15) is 13.6 Å². The number of rotatable bonds is 3. The fourth-order valence-corrected chi connectivity index (χ4v) is 2.46. The second kappa shape index (κ2) is 6.25. The Kier molecular flexibility index (Phi) is 4.16. The molecule has 0 radical (unpaired) electrons. The van der Waals surface area contributed by atoms with Crippen molar-refractivity contribution >= 4 is 27.5 Å². The summed E-state index contributed by atoms with van der Waals surface area (Å²) in [6.07, 6.45) is 2.93. The molecule has 0 aliphatic carbocycles. The van der Waals surface area contributed by atoms with E-state index in [1.54, 1.807) is 24.3 Å². The molecule has 0 atom stereocenters. The number of benzene rings is 2. The highest BCUT2D eigenvalue weighted by molar-refractivity contribution is 9.10. The Balaban J connectivity index is 1.81. The van der Waals surface area contributed by atoms with Crippen LogP contribution in [0.4, 0.5) is 14.5 Å². The van der Waals surface area contributed by atoms with E-state index in [1.165, 1.54) is 17.3 Å². The van der Waals surface area contributed by atoms with E-state index in [0.717, 1.165) is 11.8 Å². The van der Waals surface area contributed by atoms with E-state index in [4.69, 9.17) is 0 Å². The van der Waals surface area contributed by atoms with Crippen molar-refractivity contribution in [2.75, 3.05) is 5.32 Å². The number of amides is 1. The Morgan fingerprint density at radius 2 is 1.91 bits per heavy atom. The van der Waals surface area contributed by atoms with Gasteiger partial charge in [-0.05, 0) is 46.3 Å². The Morgan fingerprint density at radius 1 is 1.17 bits per heavy atom. The minimum absolute atomic E-state index is 0.114. The van der Waals surface area contributed by atoms with Gasteiger partial charge < -0.3 is 5.32 Å². The lowest BCUT2D eigenvalue weighted by atomic mass is 10.2. The average Bonchev–Trinajstić information content (AvgIpc) is 3.05. The molecule has 1 heterocycles. The number of nitrogens with zero attached hydrogens (tertiary/aromatic N) is 3. The van der Waals surface area contributed by atoms with Crippen molar-refractivity contribution in [3.05, 3.63) is 70.7 Å². The van der Waals surface area contributed by atoms with Crippen molar-refractivity contribution in [1.29, 1.82) is 0 Å². The lowest BCUT2D eigenvalue weighted by molar-refractivity contribution is 0.102. The molecule has 2 aromatic carbocycles. The first-order chi connectivity index (χ1) is 11.0. The maximum Gasteiger partial charge on any atom is 0.255 e. The SMILES string of the molecule is O=C(Nc1c(F)cc(F)cc1Br)c1ccc(-n2cncn2)cc1. The molecule has 0 aliphatic heterocycles. The van der Waals surface area contributed by atoms with Gasteiger partial charge in [-0.25, -0.2) is 18.4 Å². The second-order valence-electron chi connectivity index (χ2n) is 4.59. The monoisotopic (exact) mass is 378 g/mol. The number of nitrogens with one attached hydrogen (secondary N) is 1. The average molecular weight is 379 g/mol. The molecule has 0 saturated heterocycles. The molecular weight excluding hydrogens is 370 g/mol. The number of hydrogen-bond acceptors (Lipinski definition) is 3. The smallest absolute Gasteiger partial charge is 0.255 e. The summed E-state index contributed by atoms with van der Waals surface area (Å²) < 4.78 is 28.5. The Labute approximate surface area is 138 Å². The molecule has 0 aliphatic rings. The van der Waals surface area contributed by atoms with E-state index < -0.39 is 17.5 Å². The highest BCUT2D eigenvalue weighted by Gasteiger charge is 2.14. The number of halogens is 3. The van der Waals surface area contributed by atoms with Gasteiger partial charge in [0, 0.05) is 16.1 Å². The summed E-state index contributed by atoms with van der Waals surface area (Å²) in [6.45, 7) is 0. The summed E-state index contributed by atoms with van der Waals surface area (Å²) in [7, 11) is 0. The van der Waals surface area contributed by atoms with Gasteiger partial charge in [0.15, 0.2) is 5.82 Å². The van der Waals surface area contributed by atoms with Gasteiger partial charge in [-0.1, -0.05) is 0 Å². The minimum atomic E-state index is -0.857. The Hall–Kier alpha value is -2.61. The zero-order valence-corrected chi connectivity index (χ0v) is 13.1. The molecule has 3 rings (SSSR count). The zero-order chi connectivity index (χ0) is 16.4. The lowest BCUT2D eigenvalue weighted by Gasteiger charge is -2.09. The lowest BCUT2D eigenvalue weighted by Crippen LogP contribution is -2.13. The summed E-state index contributed by atoms with van der Waals surface area (Å²) in [5, 5.41) is 6.39. The Bertz CT molecular complexity index is 827. The van der Waals surface area contributed by atoms with Crippen molar-refractivity contribution in [3.63, 3.8) is 0 Å². The third-order valence-corrected chi connectivity index (χ3v) is 3.68. The third kappa shape index (κ3) is 3.26. The molecule has 8 heteroatoms. The summed E-state index contributed by atoms with van der Waals surface area (Å²) in [5.74, 6) is -2.10. The molecule has 23 heavy (non-hydrogen) atoms. The van der Waals surface area contributed by atoms with Crippen LogP contribution in [0, 0.1) is 11.6 Å². The highest BCUT2D eigenvalue weighted by Crippen LogP contribution is 2.27. The van der Waals surface area contributed by atoms with Gasteiger partial charge in [0.1, 0.15) is 18.5 Å². The molecule has 3 aromatic rings. The largest absolute Gasteiger partial charge is 0.319 e. The highest BCUT2D eigenvalue weighted by atomic mass is 79.9. The number of hydrogen-bond donors (Lipinski definition) is 1. The van der Waals surface area contributed by atoms with Gasteiger partial charge in [0.25, 0.3) is 5.91 Å². The standard InChI is InChI=1S/C15H9BrF2N4O/c16-12-5-10(17)6-13(18)14(12)21-15(23)9-1-3-11(4-2-9)22-8-19-7-20-22/h1-8H,(H,21,23). The van der Waals surface area contributed by atoms with E-state index in [0.29, 0.717) is 11.6 Å². The first kappa shape index (κ1) is 15.3. The summed E-state index contributed by atoms with van der Waals surface area (Å²) in [4.78, 5) is 16.0. The molecule has 116 valence electrons. The van der Waals surface area contributed by atoms with Crippen molar-refractivity contribution in [3.8, 4) is 5.69 Å². The summed E-state index contributed by atoms with van der Waals surface area (Å²) >= 11 is 3.02. The maximum atomic E-state index is 13.7. The Morgan fingerprint density at radius 3 is 2.52 bits per heavy atom. The first-order valence-corrected chi connectivity index (χ1v) is 7.25. The van der Waals surface area contributed by atoms with E-state index in [-0.39, 0.29) is 10.2 Å². The van der Waals surface area contributed by atoms with Crippen LogP contribution in [0.5, 0.6) is 0 Å². The van der Waals surface area contributed by atoms with Crippen LogP contribution in [0.3, 0.4) is 0 Å². The molecule has 1 N–H and O–H groups in total. The van der Waals surface area contributed by atoms with Gasteiger partial charge in [0.05, 0.1) is 11.4 Å². The number of anilines is 1. The van der Waals surface area contributed by atoms with Crippen LogP contribution in [0.15, 0.2) is 53.5 Å². The van der Waals surface area contributed by atoms with Crippen molar-refractivity contribution in [1.82, 2.24) is 14.8 Å². The van der Waals surface area contributed by atoms with E-state index in [2.05, 4.69) is 31.3 Å². The van der Waals surface area contributed by atoms with Crippen LogP contribution < -0.4 is 5.32 Å². The quantitative estimate of drug-likeness (QED) is 0.757. The van der Waals surface area contributed by atoms with Crippen LogP contribution in [-0.4, -0.2) is 20.7 Å². The second-order valence-corrected chi connectivity index (χ2v) is 5.44.